The summed E-state index contributed by atoms with van der Waals surface area (Å²) in [6, 6.07) is -0.922. The monoisotopic (exact) mass is 230 g/mol. The van der Waals surface area contributed by atoms with E-state index in [-0.39, 0.29) is 11.6 Å². The fourth-order valence-electron chi connectivity index (χ4n) is 1.21. The molecule has 5 nitrogen and oxygen atoms in total. The molecular formula is C11H22N2O3. The highest BCUT2D eigenvalue weighted by molar-refractivity contribution is 5.83. The van der Waals surface area contributed by atoms with Gasteiger partial charge in [-0.1, -0.05) is 13.3 Å². The Balaban J connectivity index is 4.29. The topological polar surface area (TPSA) is 67.4 Å². The number of hydrogen-bond acceptors (Lipinski definition) is 3. The highest BCUT2D eigenvalue weighted by Gasteiger charge is 2.22. The minimum absolute atomic E-state index is 0.322. The van der Waals surface area contributed by atoms with E-state index in [2.05, 4.69) is 15.4 Å². The van der Waals surface area contributed by atoms with Gasteiger partial charge in [0.2, 0.25) is 0 Å². The first-order valence-corrected chi connectivity index (χ1v) is 5.46. The van der Waals surface area contributed by atoms with Crippen LogP contribution in [0, 0.1) is 0 Å². The molecule has 0 aromatic heterocycles. The van der Waals surface area contributed by atoms with Crippen molar-refractivity contribution in [2.75, 3.05) is 7.11 Å². The van der Waals surface area contributed by atoms with Crippen LogP contribution in [0.1, 0.15) is 40.5 Å². The quantitative estimate of drug-likeness (QED) is 0.718. The number of urea groups is 1. The fraction of sp³-hybridized carbons (Fsp3) is 0.818. The molecule has 0 aromatic carbocycles. The van der Waals surface area contributed by atoms with E-state index in [9.17, 15) is 9.59 Å². The molecule has 0 saturated carbocycles. The van der Waals surface area contributed by atoms with Gasteiger partial charge in [0.25, 0.3) is 0 Å². The summed E-state index contributed by atoms with van der Waals surface area (Å²) in [5.41, 5.74) is -0.322. The molecule has 2 N–H and O–H groups in total. The number of carbonyl (C=O) groups is 2. The number of nitrogens with one attached hydrogen (secondary N) is 2. The van der Waals surface area contributed by atoms with Crippen molar-refractivity contribution in [1.82, 2.24) is 10.6 Å². The van der Waals surface area contributed by atoms with Crippen LogP contribution in [0.5, 0.6) is 0 Å². The summed E-state index contributed by atoms with van der Waals surface area (Å²) >= 11 is 0. The maximum absolute atomic E-state index is 11.5. The number of ether oxygens (including phenoxy) is 1. The lowest BCUT2D eigenvalue weighted by Gasteiger charge is -2.23. The number of carbonyl (C=O) groups excluding carboxylic acids is 2. The van der Waals surface area contributed by atoms with E-state index in [0.29, 0.717) is 6.42 Å². The van der Waals surface area contributed by atoms with E-state index in [4.69, 9.17) is 0 Å². The predicted molar refractivity (Wildman–Crippen MR) is 62.1 cm³/mol. The first-order chi connectivity index (χ1) is 7.30. The van der Waals surface area contributed by atoms with Crippen molar-refractivity contribution in [3.8, 4) is 0 Å². The second-order valence-corrected chi connectivity index (χ2v) is 4.71. The minimum atomic E-state index is -0.572. The van der Waals surface area contributed by atoms with E-state index in [1.165, 1.54) is 7.11 Å². The molecule has 0 fully saturated rings. The van der Waals surface area contributed by atoms with Crippen LogP contribution in [0.4, 0.5) is 4.79 Å². The number of amides is 2. The normalized spacial score (nSPS) is 12.8. The lowest BCUT2D eigenvalue weighted by atomic mass is 10.1. The van der Waals surface area contributed by atoms with Gasteiger partial charge in [0.15, 0.2) is 0 Å². The van der Waals surface area contributed by atoms with Crippen LogP contribution in [0.3, 0.4) is 0 Å². The maximum Gasteiger partial charge on any atom is 0.328 e. The van der Waals surface area contributed by atoms with Crippen LogP contribution < -0.4 is 10.6 Å². The molecule has 0 bridgehead atoms. The molecule has 0 aliphatic carbocycles. The van der Waals surface area contributed by atoms with E-state index in [0.717, 1.165) is 6.42 Å². The maximum atomic E-state index is 11.5. The minimum Gasteiger partial charge on any atom is -0.467 e. The number of esters is 1. The van der Waals surface area contributed by atoms with Crippen LogP contribution in [0.2, 0.25) is 0 Å². The fourth-order valence-corrected chi connectivity index (χ4v) is 1.21. The number of hydrogen-bond donors (Lipinski definition) is 2. The molecule has 0 heterocycles. The summed E-state index contributed by atoms with van der Waals surface area (Å²) in [5.74, 6) is -0.411. The van der Waals surface area contributed by atoms with Gasteiger partial charge in [0.05, 0.1) is 7.11 Å². The van der Waals surface area contributed by atoms with Crippen molar-refractivity contribution in [1.29, 1.82) is 0 Å². The zero-order valence-electron chi connectivity index (χ0n) is 10.7. The third-order valence-corrected chi connectivity index (χ3v) is 1.86. The molecule has 0 aliphatic heterocycles. The molecule has 1 atom stereocenters. The van der Waals surface area contributed by atoms with E-state index in [1.807, 2.05) is 27.7 Å². The van der Waals surface area contributed by atoms with E-state index in [1.54, 1.807) is 0 Å². The van der Waals surface area contributed by atoms with Crippen LogP contribution in [-0.4, -0.2) is 30.7 Å². The van der Waals surface area contributed by atoms with Crippen molar-refractivity contribution < 1.29 is 14.3 Å². The SMILES string of the molecule is CCCC(NC(=O)NC(C)(C)C)C(=O)OC. The van der Waals surface area contributed by atoms with Gasteiger partial charge in [-0.2, -0.15) is 0 Å². The van der Waals surface area contributed by atoms with Gasteiger partial charge in [-0.15, -0.1) is 0 Å². The summed E-state index contributed by atoms with van der Waals surface area (Å²) in [6.45, 7) is 7.57. The van der Waals surface area contributed by atoms with Gasteiger partial charge in [0.1, 0.15) is 6.04 Å². The van der Waals surface area contributed by atoms with Crippen LogP contribution in [0.15, 0.2) is 0 Å². The molecule has 94 valence electrons. The number of rotatable bonds is 4. The van der Waals surface area contributed by atoms with E-state index >= 15 is 0 Å². The lowest BCUT2D eigenvalue weighted by Crippen LogP contribution is -2.51. The standard InChI is InChI=1S/C11H22N2O3/c1-6-7-8(9(14)16-5)12-10(15)13-11(2,3)4/h8H,6-7H2,1-5H3,(H2,12,13,15). The van der Waals surface area contributed by atoms with Gasteiger partial charge >= 0.3 is 12.0 Å². The summed E-state index contributed by atoms with van der Waals surface area (Å²) < 4.78 is 4.61. The number of methoxy groups -OCH3 is 1. The molecule has 0 radical (unpaired) electrons. The van der Waals surface area contributed by atoms with Gasteiger partial charge in [0, 0.05) is 5.54 Å². The van der Waals surface area contributed by atoms with Crippen molar-refractivity contribution in [2.24, 2.45) is 0 Å². The molecule has 0 saturated heterocycles. The highest BCUT2D eigenvalue weighted by Crippen LogP contribution is 2.01. The van der Waals surface area contributed by atoms with Crippen molar-refractivity contribution in [3.05, 3.63) is 0 Å². The Morgan fingerprint density at radius 2 is 1.88 bits per heavy atom. The average molecular weight is 230 g/mol. The molecule has 1 unspecified atom stereocenters. The first-order valence-electron chi connectivity index (χ1n) is 5.46. The Hall–Kier alpha value is -1.26. The summed E-state index contributed by atoms with van der Waals surface area (Å²) in [6.07, 6.45) is 1.37. The zero-order chi connectivity index (χ0) is 12.8. The zero-order valence-corrected chi connectivity index (χ0v) is 10.7. The smallest absolute Gasteiger partial charge is 0.328 e. The average Bonchev–Trinajstić information content (AvgIpc) is 2.13. The highest BCUT2D eigenvalue weighted by atomic mass is 16.5. The predicted octanol–water partition coefficient (Wildman–Crippen LogP) is 1.43. The molecule has 0 aromatic rings. The van der Waals surface area contributed by atoms with Gasteiger partial charge in [-0.05, 0) is 27.2 Å². The molecular weight excluding hydrogens is 208 g/mol. The second kappa shape index (κ2) is 6.35. The lowest BCUT2D eigenvalue weighted by molar-refractivity contribution is -0.143. The Labute approximate surface area is 96.9 Å². The van der Waals surface area contributed by atoms with E-state index < -0.39 is 12.0 Å². The van der Waals surface area contributed by atoms with Gasteiger partial charge in [-0.3, -0.25) is 0 Å². The summed E-state index contributed by atoms with van der Waals surface area (Å²) in [7, 11) is 1.31. The van der Waals surface area contributed by atoms with Crippen LogP contribution in [0.25, 0.3) is 0 Å². The van der Waals surface area contributed by atoms with Crippen molar-refractivity contribution >= 4 is 12.0 Å². The molecule has 0 spiro atoms. The first kappa shape index (κ1) is 14.7. The Kier molecular flexibility index (Phi) is 5.85. The molecule has 2 amide bonds. The molecule has 5 heteroatoms. The Morgan fingerprint density at radius 1 is 1.31 bits per heavy atom. The largest absolute Gasteiger partial charge is 0.467 e. The van der Waals surface area contributed by atoms with Crippen molar-refractivity contribution in [2.45, 2.75) is 52.1 Å². The second-order valence-electron chi connectivity index (χ2n) is 4.71. The molecule has 0 aliphatic rings. The van der Waals surface area contributed by atoms with Crippen molar-refractivity contribution in [3.63, 3.8) is 0 Å². The Morgan fingerprint density at radius 3 is 2.25 bits per heavy atom. The third kappa shape index (κ3) is 6.27. The molecule has 0 rings (SSSR count). The Bertz CT molecular complexity index is 246. The van der Waals surface area contributed by atoms with Gasteiger partial charge < -0.3 is 15.4 Å². The molecule has 16 heavy (non-hydrogen) atoms. The van der Waals surface area contributed by atoms with Crippen LogP contribution >= 0.6 is 0 Å². The van der Waals surface area contributed by atoms with Crippen LogP contribution in [-0.2, 0) is 9.53 Å². The summed E-state index contributed by atoms with van der Waals surface area (Å²) in [5, 5.41) is 5.33. The van der Waals surface area contributed by atoms with Gasteiger partial charge in [-0.25, -0.2) is 9.59 Å². The summed E-state index contributed by atoms with van der Waals surface area (Å²) in [4.78, 5) is 22.9. The third-order valence-electron chi connectivity index (χ3n) is 1.86.